The number of hydrogen-bond donors (Lipinski definition) is 1. The highest BCUT2D eigenvalue weighted by molar-refractivity contribution is 4.91. The van der Waals surface area contributed by atoms with E-state index < -0.39 is 12.3 Å². The summed E-state index contributed by atoms with van der Waals surface area (Å²) in [7, 11) is 0. The smallest absolute Gasteiger partial charge is 0.131 e. The van der Waals surface area contributed by atoms with Gasteiger partial charge in [0.25, 0.3) is 0 Å². The molecule has 0 aromatic heterocycles. The Bertz CT molecular complexity index is 135. The van der Waals surface area contributed by atoms with Crippen LogP contribution in [0.25, 0.3) is 0 Å². The zero-order valence-corrected chi connectivity index (χ0v) is 6.39. The lowest BCUT2D eigenvalue weighted by molar-refractivity contribution is 0.0694. The predicted octanol–water partition coefficient (Wildman–Crippen LogP) is 1.29. The lowest BCUT2D eigenvalue weighted by Gasteiger charge is -2.29. The van der Waals surface area contributed by atoms with Crippen LogP contribution >= 0.6 is 0 Å². The van der Waals surface area contributed by atoms with Crippen molar-refractivity contribution >= 4 is 0 Å². The van der Waals surface area contributed by atoms with Gasteiger partial charge in [0.05, 0.1) is 0 Å². The molecule has 0 aromatic rings. The van der Waals surface area contributed by atoms with Crippen LogP contribution in [0.15, 0.2) is 0 Å². The number of alkyl halides is 2. The van der Waals surface area contributed by atoms with Gasteiger partial charge in [-0.2, -0.15) is 0 Å². The molecule has 64 valence electrons. The number of rotatable bonds is 0. The van der Waals surface area contributed by atoms with Crippen molar-refractivity contribution in [3.63, 3.8) is 0 Å². The Morgan fingerprint density at radius 3 is 1.82 bits per heavy atom. The minimum Gasteiger partial charge on any atom is -0.316 e. The molecular formula is C8H13F2N. The Morgan fingerprint density at radius 1 is 0.909 bits per heavy atom. The van der Waals surface area contributed by atoms with Gasteiger partial charge in [-0.3, -0.25) is 0 Å². The number of nitrogens with one attached hydrogen (secondary N) is 1. The monoisotopic (exact) mass is 161 g/mol. The molecule has 2 rings (SSSR count). The predicted molar refractivity (Wildman–Crippen MR) is 38.9 cm³/mol. The molecule has 2 fully saturated rings. The van der Waals surface area contributed by atoms with Crippen LogP contribution in [0, 0.1) is 11.8 Å². The summed E-state index contributed by atoms with van der Waals surface area (Å²) in [5, 5.41) is 3.17. The zero-order chi connectivity index (χ0) is 7.84. The molecule has 1 saturated carbocycles. The summed E-state index contributed by atoms with van der Waals surface area (Å²) in [5.74, 6) is 0.800. The lowest BCUT2D eigenvalue weighted by Crippen LogP contribution is -2.33. The lowest BCUT2D eigenvalue weighted by atomic mass is 9.80. The van der Waals surface area contributed by atoms with Gasteiger partial charge < -0.3 is 5.32 Å². The molecule has 1 heterocycles. The van der Waals surface area contributed by atoms with Gasteiger partial charge in [-0.1, -0.05) is 0 Å². The molecule has 1 nitrogen and oxygen atoms in total. The van der Waals surface area contributed by atoms with E-state index in [0.29, 0.717) is 24.7 Å². The van der Waals surface area contributed by atoms with Crippen LogP contribution in [0.2, 0.25) is 0 Å². The van der Waals surface area contributed by atoms with Gasteiger partial charge in [0.2, 0.25) is 0 Å². The van der Waals surface area contributed by atoms with Gasteiger partial charge >= 0.3 is 0 Å². The molecule has 1 aliphatic heterocycles. The zero-order valence-electron chi connectivity index (χ0n) is 6.39. The van der Waals surface area contributed by atoms with Crippen molar-refractivity contribution in [2.45, 2.75) is 25.2 Å². The third-order valence-electron chi connectivity index (χ3n) is 2.93. The first-order valence-electron chi connectivity index (χ1n) is 4.26. The van der Waals surface area contributed by atoms with E-state index in [-0.39, 0.29) is 0 Å². The summed E-state index contributed by atoms with van der Waals surface area (Å²) >= 11 is 0. The second-order valence-corrected chi connectivity index (χ2v) is 3.68. The third kappa shape index (κ3) is 1.26. The minimum absolute atomic E-state index is 0.400. The molecule has 0 radical (unpaired) electrons. The summed E-state index contributed by atoms with van der Waals surface area (Å²) in [5.41, 5.74) is 0. The van der Waals surface area contributed by atoms with Gasteiger partial charge in [0.1, 0.15) is 12.3 Å². The van der Waals surface area contributed by atoms with Crippen molar-refractivity contribution in [3.05, 3.63) is 0 Å². The Kier molecular flexibility index (Phi) is 1.83. The van der Waals surface area contributed by atoms with Gasteiger partial charge in [-0.25, -0.2) is 8.78 Å². The first-order valence-corrected chi connectivity index (χ1v) is 4.26. The van der Waals surface area contributed by atoms with Crippen molar-refractivity contribution in [1.82, 2.24) is 5.32 Å². The highest BCUT2D eigenvalue weighted by atomic mass is 19.2. The molecule has 11 heavy (non-hydrogen) atoms. The maximum Gasteiger partial charge on any atom is 0.131 e. The molecule has 0 aromatic carbocycles. The highest BCUT2D eigenvalue weighted by Gasteiger charge is 2.39. The average molecular weight is 161 g/mol. The normalized spacial score (nSPS) is 50.7. The van der Waals surface area contributed by atoms with E-state index in [1.807, 2.05) is 0 Å². The van der Waals surface area contributed by atoms with Crippen molar-refractivity contribution in [1.29, 1.82) is 0 Å². The quantitative estimate of drug-likeness (QED) is 0.564. The fraction of sp³-hybridized carbons (Fsp3) is 1.00. The highest BCUT2D eigenvalue weighted by Crippen LogP contribution is 2.35. The summed E-state index contributed by atoms with van der Waals surface area (Å²) in [4.78, 5) is 0. The standard InChI is InChI=1S/C8H13F2N/c9-7-1-5-3-11-4-6(5)2-8(7)10/h5-8,11H,1-4H2/t5?,6?,7-,8-/m1/s1. The molecule has 1 saturated heterocycles. The Balaban J connectivity index is 2.00. The van der Waals surface area contributed by atoms with E-state index >= 15 is 0 Å². The van der Waals surface area contributed by atoms with E-state index in [0.717, 1.165) is 13.1 Å². The molecule has 0 spiro atoms. The maximum atomic E-state index is 12.8. The average Bonchev–Trinajstić information content (AvgIpc) is 2.36. The summed E-state index contributed by atoms with van der Waals surface area (Å²) < 4.78 is 25.6. The number of halogens is 2. The van der Waals surface area contributed by atoms with E-state index in [9.17, 15) is 8.78 Å². The Labute approximate surface area is 65.2 Å². The Hall–Kier alpha value is -0.180. The number of hydrogen-bond acceptors (Lipinski definition) is 1. The van der Waals surface area contributed by atoms with E-state index in [1.165, 1.54) is 0 Å². The van der Waals surface area contributed by atoms with Crippen molar-refractivity contribution in [2.24, 2.45) is 11.8 Å². The Morgan fingerprint density at radius 2 is 1.36 bits per heavy atom. The second-order valence-electron chi connectivity index (χ2n) is 3.68. The topological polar surface area (TPSA) is 12.0 Å². The van der Waals surface area contributed by atoms with Crippen LogP contribution in [0.1, 0.15) is 12.8 Å². The molecular weight excluding hydrogens is 148 g/mol. The first-order chi connectivity index (χ1) is 5.27. The molecule has 1 aliphatic carbocycles. The van der Waals surface area contributed by atoms with Crippen LogP contribution in [0.4, 0.5) is 8.78 Å². The van der Waals surface area contributed by atoms with Crippen molar-refractivity contribution in [3.8, 4) is 0 Å². The molecule has 2 unspecified atom stereocenters. The van der Waals surface area contributed by atoms with Crippen LogP contribution in [-0.2, 0) is 0 Å². The van der Waals surface area contributed by atoms with Gasteiger partial charge in [-0.05, 0) is 37.8 Å². The largest absolute Gasteiger partial charge is 0.316 e. The van der Waals surface area contributed by atoms with E-state index in [4.69, 9.17) is 0 Å². The first kappa shape index (κ1) is 7.47. The molecule has 4 atom stereocenters. The van der Waals surface area contributed by atoms with Gasteiger partial charge in [-0.15, -0.1) is 0 Å². The van der Waals surface area contributed by atoms with Gasteiger partial charge in [0, 0.05) is 0 Å². The summed E-state index contributed by atoms with van der Waals surface area (Å²) in [6.45, 7) is 1.77. The molecule has 1 N–H and O–H groups in total. The number of fused-ring (bicyclic) bond motifs is 1. The maximum absolute atomic E-state index is 12.8. The fourth-order valence-electron chi connectivity index (χ4n) is 2.21. The molecule has 2 aliphatic rings. The van der Waals surface area contributed by atoms with Crippen LogP contribution in [-0.4, -0.2) is 25.4 Å². The van der Waals surface area contributed by atoms with Crippen LogP contribution in [0.5, 0.6) is 0 Å². The molecule has 0 bridgehead atoms. The van der Waals surface area contributed by atoms with Crippen molar-refractivity contribution in [2.75, 3.05) is 13.1 Å². The second kappa shape index (κ2) is 2.70. The minimum atomic E-state index is -1.20. The van der Waals surface area contributed by atoms with Gasteiger partial charge in [0.15, 0.2) is 0 Å². The fourth-order valence-corrected chi connectivity index (χ4v) is 2.21. The third-order valence-corrected chi connectivity index (χ3v) is 2.93. The van der Waals surface area contributed by atoms with Crippen LogP contribution < -0.4 is 5.32 Å². The van der Waals surface area contributed by atoms with E-state index in [2.05, 4.69) is 5.32 Å². The molecule has 3 heteroatoms. The summed E-state index contributed by atoms with van der Waals surface area (Å²) in [6.07, 6.45) is -1.54. The van der Waals surface area contributed by atoms with Crippen molar-refractivity contribution < 1.29 is 8.78 Å². The molecule has 0 amide bonds. The van der Waals surface area contributed by atoms with Crippen LogP contribution in [0.3, 0.4) is 0 Å². The van der Waals surface area contributed by atoms with E-state index in [1.54, 1.807) is 0 Å². The SMILES string of the molecule is F[C@@H]1CC2CNCC2C[C@H]1F. The summed E-state index contributed by atoms with van der Waals surface area (Å²) in [6, 6.07) is 0.